The lowest BCUT2D eigenvalue weighted by atomic mass is 10.00. The lowest BCUT2D eigenvalue weighted by Crippen LogP contribution is -2.39. The largest absolute Gasteiger partial charge is 0.488 e. The average Bonchev–Trinajstić information content (AvgIpc) is 3.39. The van der Waals surface area contributed by atoms with Gasteiger partial charge in [0.05, 0.1) is 36.8 Å². The van der Waals surface area contributed by atoms with Gasteiger partial charge in [-0.2, -0.15) is 0 Å². The smallest absolute Gasteiger partial charge is 0.257 e. The summed E-state index contributed by atoms with van der Waals surface area (Å²) >= 11 is 0. The number of pyridine rings is 3. The standard InChI is InChI=1S/C31H41FN6O2/c1-39-31-28(40-19-7-16-37-14-5-6-15-37)20-26-30(36-31)29(23-8-3-2-4-9-25(23)35-26)34-22-11-17-38(18-12-22)27-10-13-33-21-24(27)32/h10,13,20-22H,2-9,11-12,14-19H2,1H3,(H,34,35). The zero-order chi connectivity index (χ0) is 27.3. The van der Waals surface area contributed by atoms with Gasteiger partial charge in [0.2, 0.25) is 0 Å². The summed E-state index contributed by atoms with van der Waals surface area (Å²) in [6.07, 6.45) is 13.9. The van der Waals surface area contributed by atoms with Gasteiger partial charge in [0.1, 0.15) is 5.52 Å². The number of aromatic nitrogens is 3. The highest BCUT2D eigenvalue weighted by molar-refractivity contribution is 5.91. The molecule has 40 heavy (non-hydrogen) atoms. The molecule has 8 nitrogen and oxygen atoms in total. The van der Waals surface area contributed by atoms with Gasteiger partial charge in [0.15, 0.2) is 11.6 Å². The Morgan fingerprint density at radius 2 is 1.85 bits per heavy atom. The molecule has 3 aliphatic rings. The highest BCUT2D eigenvalue weighted by atomic mass is 19.1. The van der Waals surface area contributed by atoms with E-state index in [4.69, 9.17) is 19.4 Å². The molecule has 6 rings (SSSR count). The highest BCUT2D eigenvalue weighted by Gasteiger charge is 2.26. The van der Waals surface area contributed by atoms with Crippen LogP contribution >= 0.6 is 0 Å². The van der Waals surface area contributed by atoms with Crippen LogP contribution in [0.15, 0.2) is 24.5 Å². The van der Waals surface area contributed by atoms with Crippen LogP contribution < -0.4 is 19.7 Å². The summed E-state index contributed by atoms with van der Waals surface area (Å²) in [5.74, 6) is 0.913. The third-order valence-corrected chi connectivity index (χ3v) is 8.62. The number of anilines is 2. The minimum Gasteiger partial charge on any atom is -0.488 e. The van der Waals surface area contributed by atoms with Crippen molar-refractivity contribution in [3.63, 3.8) is 0 Å². The Hall–Kier alpha value is -3.20. The predicted octanol–water partition coefficient (Wildman–Crippen LogP) is 5.39. The van der Waals surface area contributed by atoms with Gasteiger partial charge in [-0.1, -0.05) is 6.42 Å². The van der Waals surface area contributed by atoms with Gasteiger partial charge in [-0.15, -0.1) is 0 Å². The number of hydrogen-bond donors (Lipinski definition) is 1. The summed E-state index contributed by atoms with van der Waals surface area (Å²) in [4.78, 5) is 18.6. The van der Waals surface area contributed by atoms with Crippen LogP contribution in [-0.4, -0.2) is 72.3 Å². The van der Waals surface area contributed by atoms with E-state index < -0.39 is 0 Å². The molecule has 2 fully saturated rings. The maximum Gasteiger partial charge on any atom is 0.257 e. The van der Waals surface area contributed by atoms with Crippen molar-refractivity contribution in [3.8, 4) is 11.6 Å². The molecule has 2 aliphatic heterocycles. The number of likely N-dealkylation sites (tertiary alicyclic amines) is 1. The first-order valence-corrected chi connectivity index (χ1v) is 15.1. The molecule has 3 aromatic rings. The fraction of sp³-hybridized carbons (Fsp3) is 0.581. The summed E-state index contributed by atoms with van der Waals surface area (Å²) in [7, 11) is 1.66. The van der Waals surface area contributed by atoms with E-state index in [1.54, 1.807) is 19.4 Å². The molecular weight excluding hydrogens is 507 g/mol. The number of nitrogens with zero attached hydrogens (tertiary/aromatic N) is 5. The molecule has 9 heteroatoms. The van der Waals surface area contributed by atoms with Gasteiger partial charge in [-0.3, -0.25) is 9.97 Å². The predicted molar refractivity (Wildman–Crippen MR) is 156 cm³/mol. The van der Waals surface area contributed by atoms with Gasteiger partial charge < -0.3 is 24.6 Å². The molecule has 0 saturated carbocycles. The van der Waals surface area contributed by atoms with Gasteiger partial charge in [-0.25, -0.2) is 9.37 Å². The number of methoxy groups -OCH3 is 1. The Morgan fingerprint density at radius 1 is 1.02 bits per heavy atom. The molecule has 0 amide bonds. The number of aryl methyl sites for hydroxylation is 1. The van der Waals surface area contributed by atoms with Crippen LogP contribution in [0.5, 0.6) is 11.6 Å². The first-order valence-electron chi connectivity index (χ1n) is 15.1. The Balaban J connectivity index is 1.23. The second-order valence-corrected chi connectivity index (χ2v) is 11.3. The number of hydrogen-bond acceptors (Lipinski definition) is 8. The number of piperidine rings is 1. The molecule has 0 aromatic carbocycles. The van der Waals surface area contributed by atoms with Gasteiger partial charge in [0.25, 0.3) is 5.88 Å². The molecule has 0 unspecified atom stereocenters. The van der Waals surface area contributed by atoms with Crippen molar-refractivity contribution >= 4 is 22.4 Å². The number of nitrogens with one attached hydrogen (secondary N) is 1. The van der Waals surface area contributed by atoms with Crippen molar-refractivity contribution in [2.75, 3.05) is 56.7 Å². The molecule has 0 atom stereocenters. The van der Waals surface area contributed by atoms with Crippen LogP contribution in [0.1, 0.15) is 62.6 Å². The third kappa shape index (κ3) is 5.94. The maximum atomic E-state index is 14.3. The van der Waals surface area contributed by atoms with E-state index in [2.05, 4.69) is 20.1 Å². The molecule has 3 aromatic heterocycles. The van der Waals surface area contributed by atoms with E-state index in [9.17, 15) is 4.39 Å². The van der Waals surface area contributed by atoms with E-state index in [-0.39, 0.29) is 11.9 Å². The maximum absolute atomic E-state index is 14.3. The third-order valence-electron chi connectivity index (χ3n) is 8.62. The SMILES string of the molecule is COc1nc2c(NC3CCN(c4ccncc4F)CC3)c3c(nc2cc1OCCCN1CCCC1)CCCCC3. The van der Waals surface area contributed by atoms with Crippen LogP contribution in [0.25, 0.3) is 11.0 Å². The number of rotatable bonds is 9. The summed E-state index contributed by atoms with van der Waals surface area (Å²) in [6.45, 7) is 5.67. The molecule has 0 spiro atoms. The summed E-state index contributed by atoms with van der Waals surface area (Å²) in [6, 6.07) is 4.05. The first kappa shape index (κ1) is 27.0. The molecule has 0 bridgehead atoms. The van der Waals surface area contributed by atoms with E-state index in [1.165, 1.54) is 49.8 Å². The quantitative estimate of drug-likeness (QED) is 0.282. The summed E-state index contributed by atoms with van der Waals surface area (Å²) in [5.41, 5.74) is 5.90. The molecular formula is C31H41FN6O2. The van der Waals surface area contributed by atoms with E-state index >= 15 is 0 Å². The Kier molecular flexibility index (Phi) is 8.46. The second-order valence-electron chi connectivity index (χ2n) is 11.3. The lowest BCUT2D eigenvalue weighted by Gasteiger charge is -2.35. The fourth-order valence-electron chi connectivity index (χ4n) is 6.46. The van der Waals surface area contributed by atoms with Crippen molar-refractivity contribution < 1.29 is 13.9 Å². The van der Waals surface area contributed by atoms with Crippen molar-refractivity contribution in [2.45, 2.75) is 70.3 Å². The molecule has 5 heterocycles. The molecule has 214 valence electrons. The highest BCUT2D eigenvalue weighted by Crippen LogP contribution is 2.37. The fourth-order valence-corrected chi connectivity index (χ4v) is 6.46. The summed E-state index contributed by atoms with van der Waals surface area (Å²) in [5, 5.41) is 3.88. The van der Waals surface area contributed by atoms with Crippen molar-refractivity contribution in [3.05, 3.63) is 41.6 Å². The topological polar surface area (TPSA) is 75.6 Å². The Morgan fingerprint density at radius 3 is 2.65 bits per heavy atom. The molecule has 1 aliphatic carbocycles. The van der Waals surface area contributed by atoms with Crippen LogP contribution in [0.2, 0.25) is 0 Å². The van der Waals surface area contributed by atoms with Crippen LogP contribution in [-0.2, 0) is 12.8 Å². The number of fused-ring (bicyclic) bond motifs is 2. The van der Waals surface area contributed by atoms with Crippen LogP contribution in [0.3, 0.4) is 0 Å². The van der Waals surface area contributed by atoms with Gasteiger partial charge in [0, 0.05) is 43.6 Å². The van der Waals surface area contributed by atoms with Gasteiger partial charge in [-0.05, 0) is 82.5 Å². The average molecular weight is 549 g/mol. The first-order chi connectivity index (χ1) is 19.7. The minimum absolute atomic E-state index is 0.260. The number of halogens is 1. The van der Waals surface area contributed by atoms with E-state index in [0.717, 1.165) is 81.3 Å². The van der Waals surface area contributed by atoms with Gasteiger partial charge >= 0.3 is 0 Å². The molecule has 1 N–H and O–H groups in total. The normalized spacial score (nSPS) is 18.5. The minimum atomic E-state index is -0.260. The van der Waals surface area contributed by atoms with Crippen LogP contribution in [0, 0.1) is 5.82 Å². The monoisotopic (exact) mass is 548 g/mol. The van der Waals surface area contributed by atoms with Crippen molar-refractivity contribution in [1.29, 1.82) is 0 Å². The number of ether oxygens (including phenoxy) is 2. The summed E-state index contributed by atoms with van der Waals surface area (Å²) < 4.78 is 26.3. The zero-order valence-corrected chi connectivity index (χ0v) is 23.6. The van der Waals surface area contributed by atoms with E-state index in [0.29, 0.717) is 23.9 Å². The van der Waals surface area contributed by atoms with Crippen LogP contribution in [0.4, 0.5) is 15.8 Å². The Bertz CT molecular complexity index is 1310. The molecule has 0 radical (unpaired) electrons. The van der Waals surface area contributed by atoms with Crippen molar-refractivity contribution in [2.24, 2.45) is 0 Å². The molecule has 2 saturated heterocycles. The van der Waals surface area contributed by atoms with Crippen molar-refractivity contribution in [1.82, 2.24) is 19.9 Å². The Labute approximate surface area is 236 Å². The van der Waals surface area contributed by atoms with E-state index in [1.807, 2.05) is 6.07 Å². The lowest BCUT2D eigenvalue weighted by molar-refractivity contribution is 0.252. The zero-order valence-electron chi connectivity index (χ0n) is 23.6. The second kappa shape index (κ2) is 12.5.